The Morgan fingerprint density at radius 3 is 2.24 bits per heavy atom. The third-order valence-corrected chi connectivity index (χ3v) is 3.24. The van der Waals surface area contributed by atoms with Crippen LogP contribution in [0.2, 0.25) is 0 Å². The zero-order chi connectivity index (χ0) is 16.1. The highest BCUT2D eigenvalue weighted by Gasteiger charge is 2.28. The van der Waals surface area contributed by atoms with Crippen LogP contribution in [0.5, 0.6) is 0 Å². The average Bonchev–Trinajstić information content (AvgIpc) is 2.36. The van der Waals surface area contributed by atoms with E-state index in [2.05, 4.69) is 29.6 Å². The molecule has 0 bridgehead atoms. The van der Waals surface area contributed by atoms with Crippen molar-refractivity contribution in [3.8, 4) is 0 Å². The van der Waals surface area contributed by atoms with Gasteiger partial charge in [0.25, 0.3) is 0 Å². The molecule has 0 aromatic heterocycles. The molecule has 0 spiro atoms. The van der Waals surface area contributed by atoms with Crippen LogP contribution in [0.4, 0.5) is 4.79 Å². The van der Waals surface area contributed by atoms with Crippen molar-refractivity contribution in [1.29, 1.82) is 0 Å². The summed E-state index contributed by atoms with van der Waals surface area (Å²) in [6.07, 6.45) is 0.932. The van der Waals surface area contributed by atoms with E-state index in [1.165, 1.54) is 11.1 Å². The maximum atomic E-state index is 11.8. The topological polar surface area (TPSA) is 58.6 Å². The molecule has 0 saturated heterocycles. The molecule has 1 amide bonds. The Morgan fingerprint density at radius 1 is 1.19 bits per heavy atom. The molecule has 0 unspecified atom stereocenters. The van der Waals surface area contributed by atoms with Gasteiger partial charge in [-0.3, -0.25) is 0 Å². The van der Waals surface area contributed by atoms with Crippen LogP contribution in [0.25, 0.3) is 0 Å². The monoisotopic (exact) mass is 293 g/mol. The van der Waals surface area contributed by atoms with E-state index in [9.17, 15) is 9.90 Å². The molecule has 118 valence electrons. The fourth-order valence-corrected chi connectivity index (χ4v) is 1.91. The maximum Gasteiger partial charge on any atom is 0.408 e. The second-order valence-electron chi connectivity index (χ2n) is 6.83. The molecule has 0 radical (unpaired) electrons. The van der Waals surface area contributed by atoms with Gasteiger partial charge in [0.1, 0.15) is 5.60 Å². The van der Waals surface area contributed by atoms with Crippen LogP contribution >= 0.6 is 0 Å². The van der Waals surface area contributed by atoms with E-state index in [-0.39, 0.29) is 6.61 Å². The first-order chi connectivity index (χ1) is 9.63. The summed E-state index contributed by atoms with van der Waals surface area (Å²) in [6, 6.07) is 8.26. The van der Waals surface area contributed by atoms with Crippen molar-refractivity contribution in [3.05, 3.63) is 35.4 Å². The van der Waals surface area contributed by atoms with Crippen molar-refractivity contribution >= 4 is 6.09 Å². The SMILES string of the molecule is Cc1ccc(CC[C@](C)(CO)NC(=O)OC(C)(C)C)cc1. The largest absolute Gasteiger partial charge is 0.444 e. The van der Waals surface area contributed by atoms with E-state index in [0.717, 1.165) is 6.42 Å². The van der Waals surface area contributed by atoms with Gasteiger partial charge in [-0.25, -0.2) is 4.79 Å². The highest BCUT2D eigenvalue weighted by atomic mass is 16.6. The number of carbonyl (C=O) groups excluding carboxylic acids is 1. The van der Waals surface area contributed by atoms with Crippen LogP contribution < -0.4 is 5.32 Å². The van der Waals surface area contributed by atoms with E-state index < -0.39 is 17.2 Å². The summed E-state index contributed by atoms with van der Waals surface area (Å²) in [7, 11) is 0. The minimum atomic E-state index is -0.687. The Morgan fingerprint density at radius 2 is 1.76 bits per heavy atom. The zero-order valence-corrected chi connectivity index (χ0v) is 13.7. The van der Waals surface area contributed by atoms with Gasteiger partial charge in [-0.05, 0) is 53.0 Å². The minimum Gasteiger partial charge on any atom is -0.444 e. The van der Waals surface area contributed by atoms with Gasteiger partial charge in [0.05, 0.1) is 12.1 Å². The minimum absolute atomic E-state index is 0.127. The maximum absolute atomic E-state index is 11.8. The first-order valence-corrected chi connectivity index (χ1v) is 7.31. The van der Waals surface area contributed by atoms with Gasteiger partial charge < -0.3 is 15.2 Å². The molecular weight excluding hydrogens is 266 g/mol. The molecule has 1 rings (SSSR count). The molecule has 2 N–H and O–H groups in total. The summed E-state index contributed by atoms with van der Waals surface area (Å²) in [5.74, 6) is 0. The van der Waals surface area contributed by atoms with Crippen LogP contribution in [0.15, 0.2) is 24.3 Å². The average molecular weight is 293 g/mol. The molecule has 1 aromatic carbocycles. The lowest BCUT2D eigenvalue weighted by atomic mass is 9.94. The second kappa shape index (κ2) is 6.94. The van der Waals surface area contributed by atoms with E-state index in [1.807, 2.05) is 34.6 Å². The smallest absolute Gasteiger partial charge is 0.408 e. The van der Waals surface area contributed by atoms with Gasteiger partial charge >= 0.3 is 6.09 Å². The summed E-state index contributed by atoms with van der Waals surface area (Å²) in [4.78, 5) is 11.8. The van der Waals surface area contributed by atoms with Gasteiger partial charge in [0.2, 0.25) is 0 Å². The van der Waals surface area contributed by atoms with Crippen molar-refractivity contribution in [1.82, 2.24) is 5.32 Å². The Labute approximate surface area is 127 Å². The van der Waals surface area contributed by atoms with Crippen molar-refractivity contribution < 1.29 is 14.6 Å². The van der Waals surface area contributed by atoms with Crippen LogP contribution in [-0.4, -0.2) is 28.9 Å². The molecule has 0 aliphatic carbocycles. The summed E-state index contributed by atoms with van der Waals surface area (Å²) >= 11 is 0. The summed E-state index contributed by atoms with van der Waals surface area (Å²) in [5.41, 5.74) is 1.17. The van der Waals surface area contributed by atoms with E-state index in [1.54, 1.807) is 0 Å². The van der Waals surface area contributed by atoms with Crippen LogP contribution in [0, 0.1) is 6.92 Å². The predicted molar refractivity (Wildman–Crippen MR) is 84.4 cm³/mol. The van der Waals surface area contributed by atoms with Gasteiger partial charge in [0.15, 0.2) is 0 Å². The number of aliphatic hydroxyl groups is 1. The quantitative estimate of drug-likeness (QED) is 0.876. The van der Waals surface area contributed by atoms with Crippen molar-refractivity contribution in [2.24, 2.45) is 0 Å². The lowest BCUT2D eigenvalue weighted by Crippen LogP contribution is -2.50. The molecule has 0 aliphatic heterocycles. The van der Waals surface area contributed by atoms with E-state index in [4.69, 9.17) is 4.74 Å². The van der Waals surface area contributed by atoms with Crippen LogP contribution in [0.3, 0.4) is 0 Å². The fraction of sp³-hybridized carbons (Fsp3) is 0.588. The Hall–Kier alpha value is -1.55. The molecule has 0 heterocycles. The molecule has 1 atom stereocenters. The lowest BCUT2D eigenvalue weighted by molar-refractivity contribution is 0.0407. The predicted octanol–water partition coefficient (Wildman–Crippen LogP) is 3.20. The number of hydrogen-bond donors (Lipinski definition) is 2. The molecule has 0 saturated carbocycles. The molecule has 0 fully saturated rings. The molecule has 21 heavy (non-hydrogen) atoms. The Bertz CT molecular complexity index is 462. The summed E-state index contributed by atoms with van der Waals surface area (Å²) < 4.78 is 5.24. The molecule has 4 heteroatoms. The standard InChI is InChI=1S/C17H27NO3/c1-13-6-8-14(9-7-13)10-11-17(5,12-19)18-15(20)21-16(2,3)4/h6-9,19H,10-12H2,1-5H3,(H,18,20)/t17-/m1/s1. The number of amides is 1. The van der Waals surface area contributed by atoms with E-state index >= 15 is 0 Å². The number of benzene rings is 1. The van der Waals surface area contributed by atoms with Crippen LogP contribution in [0.1, 0.15) is 45.2 Å². The van der Waals surface area contributed by atoms with Crippen molar-refractivity contribution in [3.63, 3.8) is 0 Å². The fourth-order valence-electron chi connectivity index (χ4n) is 1.91. The van der Waals surface area contributed by atoms with Gasteiger partial charge in [0, 0.05) is 0 Å². The van der Waals surface area contributed by atoms with Gasteiger partial charge in [-0.15, -0.1) is 0 Å². The zero-order valence-electron chi connectivity index (χ0n) is 13.7. The van der Waals surface area contributed by atoms with Gasteiger partial charge in [-0.1, -0.05) is 29.8 Å². The first-order valence-electron chi connectivity index (χ1n) is 7.31. The summed E-state index contributed by atoms with van der Waals surface area (Å²) in [6.45, 7) is 9.19. The second-order valence-corrected chi connectivity index (χ2v) is 6.83. The van der Waals surface area contributed by atoms with Gasteiger partial charge in [-0.2, -0.15) is 0 Å². The number of hydrogen-bond acceptors (Lipinski definition) is 3. The number of nitrogens with one attached hydrogen (secondary N) is 1. The third kappa shape index (κ3) is 6.63. The highest BCUT2D eigenvalue weighted by molar-refractivity contribution is 5.68. The number of rotatable bonds is 5. The molecular formula is C17H27NO3. The van der Waals surface area contributed by atoms with Crippen molar-refractivity contribution in [2.75, 3.05) is 6.61 Å². The summed E-state index contributed by atoms with van der Waals surface area (Å²) in [5, 5.41) is 12.4. The van der Waals surface area contributed by atoms with Crippen LogP contribution in [-0.2, 0) is 11.2 Å². The molecule has 1 aromatic rings. The Balaban J connectivity index is 2.59. The lowest BCUT2D eigenvalue weighted by Gasteiger charge is -2.30. The van der Waals surface area contributed by atoms with Crippen molar-refractivity contribution in [2.45, 2.75) is 58.6 Å². The molecule has 0 aliphatic rings. The number of carbonyl (C=O) groups is 1. The first kappa shape index (κ1) is 17.5. The number of ether oxygens (including phenoxy) is 1. The highest BCUT2D eigenvalue weighted by Crippen LogP contribution is 2.16. The Kier molecular flexibility index (Phi) is 5.78. The molecule has 4 nitrogen and oxygen atoms in total. The number of alkyl carbamates (subject to hydrolysis) is 1. The number of aryl methyl sites for hydroxylation is 2. The normalized spacial score (nSPS) is 14.4. The number of aliphatic hydroxyl groups excluding tert-OH is 1. The van der Waals surface area contributed by atoms with E-state index in [0.29, 0.717) is 6.42 Å². The third-order valence-electron chi connectivity index (χ3n) is 3.24.